The van der Waals surface area contributed by atoms with E-state index in [0.29, 0.717) is 11.5 Å². The van der Waals surface area contributed by atoms with Crippen LogP contribution >= 0.6 is 0 Å². The Morgan fingerprint density at radius 2 is 1.85 bits per heavy atom. The molecule has 0 atom stereocenters. The first-order chi connectivity index (χ1) is 12.6. The third-order valence-electron chi connectivity index (χ3n) is 4.68. The minimum absolute atomic E-state index is 0.0675. The predicted octanol–water partition coefficient (Wildman–Crippen LogP) is 5.96. The second kappa shape index (κ2) is 8.17. The molecule has 1 aromatic heterocycles. The van der Waals surface area contributed by atoms with Crippen LogP contribution in [0.2, 0.25) is 0 Å². The Morgan fingerprint density at radius 1 is 1.12 bits per heavy atom. The topological polar surface area (TPSA) is 55.1 Å². The molecule has 0 saturated carbocycles. The van der Waals surface area contributed by atoms with Crippen molar-refractivity contribution in [1.82, 2.24) is 4.98 Å². The molecule has 26 heavy (non-hydrogen) atoms. The summed E-state index contributed by atoms with van der Waals surface area (Å²) in [7, 11) is 0. The minimum Gasteiger partial charge on any atom is -0.436 e. The Kier molecular flexibility index (Phi) is 5.71. The van der Waals surface area contributed by atoms with Crippen LogP contribution in [0.15, 0.2) is 46.9 Å². The summed E-state index contributed by atoms with van der Waals surface area (Å²) in [6.45, 7) is 6.27. The van der Waals surface area contributed by atoms with E-state index in [1.54, 1.807) is 0 Å². The van der Waals surface area contributed by atoms with Crippen molar-refractivity contribution in [2.45, 2.75) is 46.5 Å². The highest BCUT2D eigenvalue weighted by atomic mass is 16.3. The maximum absolute atomic E-state index is 12.5. The SMILES string of the molecule is CCCC(CCC)C(=O)Nc1ccc2nc(-c3ccccc3C)oc2c1. The lowest BCUT2D eigenvalue weighted by Crippen LogP contribution is -2.22. The Labute approximate surface area is 154 Å². The smallest absolute Gasteiger partial charge is 0.227 e. The van der Waals surface area contributed by atoms with Crippen molar-refractivity contribution >= 4 is 22.7 Å². The lowest BCUT2D eigenvalue weighted by atomic mass is 9.97. The van der Waals surface area contributed by atoms with Gasteiger partial charge in [-0.1, -0.05) is 44.9 Å². The van der Waals surface area contributed by atoms with Crippen molar-refractivity contribution < 1.29 is 9.21 Å². The van der Waals surface area contributed by atoms with E-state index in [-0.39, 0.29) is 11.8 Å². The molecule has 0 aliphatic heterocycles. The summed E-state index contributed by atoms with van der Waals surface area (Å²) < 4.78 is 5.95. The maximum atomic E-state index is 12.5. The second-order valence-electron chi connectivity index (χ2n) is 6.78. The molecule has 3 aromatic rings. The Hall–Kier alpha value is -2.62. The fourth-order valence-corrected chi connectivity index (χ4v) is 3.28. The van der Waals surface area contributed by atoms with E-state index in [9.17, 15) is 4.79 Å². The number of rotatable bonds is 7. The normalized spacial score (nSPS) is 11.2. The number of carbonyl (C=O) groups is 1. The zero-order chi connectivity index (χ0) is 18.5. The van der Waals surface area contributed by atoms with E-state index < -0.39 is 0 Å². The molecule has 0 saturated heterocycles. The van der Waals surface area contributed by atoms with Crippen LogP contribution < -0.4 is 5.32 Å². The molecule has 0 bridgehead atoms. The summed E-state index contributed by atoms with van der Waals surface area (Å²) >= 11 is 0. The molecule has 1 amide bonds. The van der Waals surface area contributed by atoms with Crippen molar-refractivity contribution in [3.8, 4) is 11.5 Å². The number of fused-ring (bicyclic) bond motifs is 1. The number of nitrogens with zero attached hydrogens (tertiary/aromatic N) is 1. The summed E-state index contributed by atoms with van der Waals surface area (Å²) in [4.78, 5) is 17.1. The van der Waals surface area contributed by atoms with E-state index in [2.05, 4.69) is 24.1 Å². The average Bonchev–Trinajstić information content (AvgIpc) is 3.05. The predicted molar refractivity (Wildman–Crippen MR) is 106 cm³/mol. The van der Waals surface area contributed by atoms with Gasteiger partial charge in [0.05, 0.1) is 0 Å². The molecule has 0 spiro atoms. The maximum Gasteiger partial charge on any atom is 0.227 e. The third-order valence-corrected chi connectivity index (χ3v) is 4.68. The van der Waals surface area contributed by atoms with Crippen LogP contribution in [0.1, 0.15) is 45.1 Å². The quantitative estimate of drug-likeness (QED) is 0.572. The van der Waals surface area contributed by atoms with Gasteiger partial charge in [-0.3, -0.25) is 4.79 Å². The first-order valence-electron chi connectivity index (χ1n) is 9.39. The molecule has 136 valence electrons. The Balaban J connectivity index is 1.83. The van der Waals surface area contributed by atoms with Gasteiger partial charge < -0.3 is 9.73 Å². The zero-order valence-corrected chi connectivity index (χ0v) is 15.7. The van der Waals surface area contributed by atoms with Gasteiger partial charge in [0.25, 0.3) is 0 Å². The van der Waals surface area contributed by atoms with Crippen LogP contribution in [-0.2, 0) is 4.79 Å². The van der Waals surface area contributed by atoms with E-state index in [1.807, 2.05) is 49.4 Å². The molecule has 0 fully saturated rings. The van der Waals surface area contributed by atoms with Crippen LogP contribution in [0.4, 0.5) is 5.69 Å². The highest BCUT2D eigenvalue weighted by Gasteiger charge is 2.17. The average molecular weight is 350 g/mol. The lowest BCUT2D eigenvalue weighted by molar-refractivity contribution is -0.120. The summed E-state index contributed by atoms with van der Waals surface area (Å²) in [5.41, 5.74) is 4.34. The number of hydrogen-bond donors (Lipinski definition) is 1. The van der Waals surface area contributed by atoms with E-state index in [1.165, 1.54) is 0 Å². The van der Waals surface area contributed by atoms with Crippen molar-refractivity contribution in [2.24, 2.45) is 5.92 Å². The van der Waals surface area contributed by atoms with E-state index in [4.69, 9.17) is 4.42 Å². The van der Waals surface area contributed by atoms with Crippen LogP contribution in [0.3, 0.4) is 0 Å². The molecule has 1 heterocycles. The summed E-state index contributed by atoms with van der Waals surface area (Å²) in [5.74, 6) is 0.765. The van der Waals surface area contributed by atoms with E-state index >= 15 is 0 Å². The molecule has 0 radical (unpaired) electrons. The van der Waals surface area contributed by atoms with Gasteiger partial charge in [-0.2, -0.15) is 0 Å². The molecular weight excluding hydrogens is 324 g/mol. The number of anilines is 1. The molecule has 4 heteroatoms. The van der Waals surface area contributed by atoms with Gasteiger partial charge in [-0.05, 0) is 43.5 Å². The summed E-state index contributed by atoms with van der Waals surface area (Å²) in [6, 6.07) is 13.7. The lowest BCUT2D eigenvalue weighted by Gasteiger charge is -2.15. The fraction of sp³-hybridized carbons (Fsp3) is 0.364. The van der Waals surface area contributed by atoms with Gasteiger partial charge in [-0.15, -0.1) is 0 Å². The monoisotopic (exact) mass is 350 g/mol. The van der Waals surface area contributed by atoms with Gasteiger partial charge in [0.2, 0.25) is 11.8 Å². The van der Waals surface area contributed by atoms with Crippen molar-refractivity contribution in [1.29, 1.82) is 0 Å². The Morgan fingerprint density at radius 3 is 2.54 bits per heavy atom. The standard InChI is InChI=1S/C22H26N2O2/c1-4-8-16(9-5-2)21(25)23-17-12-13-19-20(14-17)26-22(24-19)18-11-7-6-10-15(18)3/h6-7,10-14,16H,4-5,8-9H2,1-3H3,(H,23,25). The van der Waals surface area contributed by atoms with Gasteiger partial charge in [0.1, 0.15) is 5.52 Å². The molecule has 0 unspecified atom stereocenters. The number of amides is 1. The number of carbonyl (C=O) groups excluding carboxylic acids is 1. The molecule has 0 aliphatic rings. The largest absolute Gasteiger partial charge is 0.436 e. The van der Waals surface area contributed by atoms with Gasteiger partial charge in [0, 0.05) is 23.2 Å². The zero-order valence-electron chi connectivity index (χ0n) is 15.7. The van der Waals surface area contributed by atoms with Gasteiger partial charge >= 0.3 is 0 Å². The highest BCUT2D eigenvalue weighted by Crippen LogP contribution is 2.28. The first kappa shape index (κ1) is 18.2. The summed E-state index contributed by atoms with van der Waals surface area (Å²) in [5, 5.41) is 3.04. The van der Waals surface area contributed by atoms with Gasteiger partial charge in [0.15, 0.2) is 5.58 Å². The number of oxazole rings is 1. The number of aryl methyl sites for hydroxylation is 1. The Bertz CT molecular complexity index is 892. The van der Waals surface area contributed by atoms with Crippen LogP contribution in [0, 0.1) is 12.8 Å². The molecule has 3 rings (SSSR count). The molecular formula is C22H26N2O2. The summed E-state index contributed by atoms with van der Waals surface area (Å²) in [6.07, 6.45) is 3.86. The molecule has 4 nitrogen and oxygen atoms in total. The molecule has 0 aliphatic carbocycles. The van der Waals surface area contributed by atoms with Crippen molar-refractivity contribution in [2.75, 3.05) is 5.32 Å². The van der Waals surface area contributed by atoms with Gasteiger partial charge in [-0.25, -0.2) is 4.98 Å². The van der Waals surface area contributed by atoms with E-state index in [0.717, 1.165) is 48.0 Å². The third kappa shape index (κ3) is 3.96. The molecule has 2 aromatic carbocycles. The van der Waals surface area contributed by atoms with Crippen molar-refractivity contribution in [3.63, 3.8) is 0 Å². The number of benzene rings is 2. The highest BCUT2D eigenvalue weighted by molar-refractivity contribution is 5.94. The first-order valence-corrected chi connectivity index (χ1v) is 9.39. The number of aromatic nitrogens is 1. The molecule has 1 N–H and O–H groups in total. The minimum atomic E-state index is 0.0675. The number of nitrogens with one attached hydrogen (secondary N) is 1. The fourth-order valence-electron chi connectivity index (χ4n) is 3.28. The van der Waals surface area contributed by atoms with Crippen molar-refractivity contribution in [3.05, 3.63) is 48.0 Å². The number of hydrogen-bond acceptors (Lipinski definition) is 3. The van der Waals surface area contributed by atoms with Crippen LogP contribution in [0.25, 0.3) is 22.6 Å². The second-order valence-corrected chi connectivity index (χ2v) is 6.78. The van der Waals surface area contributed by atoms with Crippen LogP contribution in [-0.4, -0.2) is 10.9 Å². The van der Waals surface area contributed by atoms with Crippen LogP contribution in [0.5, 0.6) is 0 Å².